The molecule has 0 bridgehead atoms. The lowest BCUT2D eigenvalue weighted by molar-refractivity contribution is 0.0744. The number of para-hydroxylation sites is 1. The van der Waals surface area contributed by atoms with Gasteiger partial charge in [-0.05, 0) is 44.5 Å². The Morgan fingerprint density at radius 2 is 2.05 bits per heavy atom. The third-order valence-corrected chi connectivity index (χ3v) is 4.37. The van der Waals surface area contributed by atoms with Gasteiger partial charge in [0.1, 0.15) is 0 Å². The zero-order chi connectivity index (χ0) is 15.2. The van der Waals surface area contributed by atoms with Gasteiger partial charge in [-0.3, -0.25) is 9.69 Å². The number of hydrogen-bond donors (Lipinski definition) is 0. The van der Waals surface area contributed by atoms with Crippen molar-refractivity contribution in [2.24, 2.45) is 0 Å². The monoisotopic (exact) mass is 288 g/mol. The topological polar surface area (TPSA) is 23.6 Å². The van der Waals surface area contributed by atoms with E-state index in [1.807, 2.05) is 43.3 Å². The fraction of sp³-hybridized carbons (Fsp3) is 0.611. The molecule has 0 radical (unpaired) electrons. The molecule has 1 heterocycles. The number of Topliss-reactive ketones (excluding diaryl/α,β-unsaturated/α-hetero) is 1. The number of nitrogens with zero attached hydrogens (tertiary/aromatic N) is 2. The van der Waals surface area contributed by atoms with Crippen molar-refractivity contribution in [1.82, 2.24) is 4.90 Å². The van der Waals surface area contributed by atoms with Gasteiger partial charge in [0.2, 0.25) is 0 Å². The van der Waals surface area contributed by atoms with Gasteiger partial charge < -0.3 is 4.90 Å². The van der Waals surface area contributed by atoms with Gasteiger partial charge in [-0.2, -0.15) is 0 Å². The number of ketones is 1. The van der Waals surface area contributed by atoms with E-state index in [1.54, 1.807) is 0 Å². The smallest absolute Gasteiger partial charge is 0.182 e. The third kappa shape index (κ3) is 3.85. The summed E-state index contributed by atoms with van der Waals surface area (Å²) in [5, 5.41) is 0. The molecule has 1 saturated heterocycles. The van der Waals surface area contributed by atoms with Gasteiger partial charge >= 0.3 is 0 Å². The number of hydrogen-bond acceptors (Lipinski definition) is 3. The summed E-state index contributed by atoms with van der Waals surface area (Å²) in [7, 11) is 4.00. The number of rotatable bonds is 6. The number of benzene rings is 1. The largest absolute Gasteiger partial charge is 0.377 e. The van der Waals surface area contributed by atoms with Gasteiger partial charge in [0.05, 0.1) is 6.04 Å². The van der Waals surface area contributed by atoms with E-state index in [4.69, 9.17) is 0 Å². The first-order valence-electron chi connectivity index (χ1n) is 8.19. The maximum absolute atomic E-state index is 13.0. The van der Waals surface area contributed by atoms with E-state index in [0.29, 0.717) is 5.78 Å². The van der Waals surface area contributed by atoms with E-state index in [1.165, 1.54) is 25.7 Å². The minimum atomic E-state index is 0.0754. The van der Waals surface area contributed by atoms with E-state index in [-0.39, 0.29) is 6.04 Å². The van der Waals surface area contributed by atoms with E-state index in [9.17, 15) is 4.79 Å². The Bertz CT molecular complexity index is 470. The van der Waals surface area contributed by atoms with E-state index in [0.717, 1.165) is 30.8 Å². The van der Waals surface area contributed by atoms with Gasteiger partial charge in [-0.1, -0.05) is 31.9 Å². The molecule has 3 nitrogen and oxygen atoms in total. The molecule has 1 fully saturated rings. The lowest BCUT2D eigenvalue weighted by Gasteiger charge is -2.35. The van der Waals surface area contributed by atoms with Crippen LogP contribution in [0, 0.1) is 0 Å². The Kier molecular flexibility index (Phi) is 5.80. The minimum absolute atomic E-state index is 0.0754. The minimum Gasteiger partial charge on any atom is -0.377 e. The Morgan fingerprint density at radius 1 is 1.29 bits per heavy atom. The summed E-state index contributed by atoms with van der Waals surface area (Å²) in [6.07, 6.45) is 5.76. The van der Waals surface area contributed by atoms with Crippen LogP contribution in [0.5, 0.6) is 0 Å². The molecule has 0 amide bonds. The number of carbonyl (C=O) groups excluding carboxylic acids is 1. The summed E-state index contributed by atoms with van der Waals surface area (Å²) in [6, 6.07) is 8.06. The van der Waals surface area contributed by atoms with Crippen LogP contribution in [-0.4, -0.2) is 43.9 Å². The summed E-state index contributed by atoms with van der Waals surface area (Å²) in [6.45, 7) is 4.33. The van der Waals surface area contributed by atoms with Crippen LogP contribution in [0.2, 0.25) is 0 Å². The first-order chi connectivity index (χ1) is 10.1. The van der Waals surface area contributed by atoms with Crippen LogP contribution in [0.1, 0.15) is 49.4 Å². The van der Waals surface area contributed by atoms with Crippen molar-refractivity contribution in [2.75, 3.05) is 32.1 Å². The SMILES string of the molecule is CCCCN1CCCCC1C(=O)c1ccccc1N(C)C. The van der Waals surface area contributed by atoms with Crippen molar-refractivity contribution in [3.8, 4) is 0 Å². The summed E-state index contributed by atoms with van der Waals surface area (Å²) in [5.74, 6) is 0.301. The molecular formula is C18H28N2O. The molecule has 0 aliphatic carbocycles. The summed E-state index contributed by atoms with van der Waals surface area (Å²) in [4.78, 5) is 17.5. The number of piperidine rings is 1. The molecule has 0 spiro atoms. The highest BCUT2D eigenvalue weighted by molar-refractivity contribution is 6.04. The van der Waals surface area contributed by atoms with Crippen LogP contribution in [-0.2, 0) is 0 Å². The second-order valence-corrected chi connectivity index (χ2v) is 6.18. The lowest BCUT2D eigenvalue weighted by Crippen LogP contribution is -2.45. The first-order valence-corrected chi connectivity index (χ1v) is 8.19. The first kappa shape index (κ1) is 16.0. The van der Waals surface area contributed by atoms with Crippen molar-refractivity contribution >= 4 is 11.5 Å². The van der Waals surface area contributed by atoms with E-state index in [2.05, 4.69) is 11.8 Å². The van der Waals surface area contributed by atoms with Gasteiger partial charge in [-0.25, -0.2) is 0 Å². The second kappa shape index (κ2) is 7.60. The van der Waals surface area contributed by atoms with Gasteiger partial charge in [0, 0.05) is 25.3 Å². The predicted octanol–water partition coefficient (Wildman–Crippen LogP) is 3.59. The summed E-state index contributed by atoms with van der Waals surface area (Å²) >= 11 is 0. The van der Waals surface area contributed by atoms with Gasteiger partial charge in [0.25, 0.3) is 0 Å². The molecular weight excluding hydrogens is 260 g/mol. The van der Waals surface area contributed by atoms with Crippen molar-refractivity contribution in [2.45, 2.75) is 45.1 Å². The summed E-state index contributed by atoms with van der Waals surface area (Å²) < 4.78 is 0. The average Bonchev–Trinajstić information content (AvgIpc) is 2.52. The molecule has 1 atom stereocenters. The average molecular weight is 288 g/mol. The molecule has 116 valence electrons. The Morgan fingerprint density at radius 3 is 2.76 bits per heavy atom. The maximum atomic E-state index is 13.0. The predicted molar refractivity (Wildman–Crippen MR) is 89.2 cm³/mol. The fourth-order valence-corrected chi connectivity index (χ4v) is 3.17. The maximum Gasteiger partial charge on any atom is 0.182 e. The molecule has 1 aromatic rings. The van der Waals surface area contributed by atoms with Gasteiger partial charge in [-0.15, -0.1) is 0 Å². The van der Waals surface area contributed by atoms with Crippen molar-refractivity contribution in [1.29, 1.82) is 0 Å². The lowest BCUT2D eigenvalue weighted by atomic mass is 9.93. The van der Waals surface area contributed by atoms with E-state index >= 15 is 0 Å². The van der Waals surface area contributed by atoms with E-state index < -0.39 is 0 Å². The number of anilines is 1. The quantitative estimate of drug-likeness (QED) is 0.747. The Labute approximate surface area is 128 Å². The fourth-order valence-electron chi connectivity index (χ4n) is 3.17. The second-order valence-electron chi connectivity index (χ2n) is 6.18. The normalized spacial score (nSPS) is 19.5. The number of likely N-dealkylation sites (tertiary alicyclic amines) is 1. The number of unbranched alkanes of at least 4 members (excludes halogenated alkanes) is 1. The van der Waals surface area contributed by atoms with Crippen LogP contribution in [0.15, 0.2) is 24.3 Å². The Hall–Kier alpha value is -1.35. The highest BCUT2D eigenvalue weighted by Gasteiger charge is 2.30. The molecule has 0 saturated carbocycles. The van der Waals surface area contributed by atoms with Crippen molar-refractivity contribution < 1.29 is 4.79 Å². The van der Waals surface area contributed by atoms with Crippen LogP contribution >= 0.6 is 0 Å². The molecule has 1 aromatic carbocycles. The highest BCUT2D eigenvalue weighted by atomic mass is 16.1. The van der Waals surface area contributed by atoms with Crippen LogP contribution < -0.4 is 4.90 Å². The van der Waals surface area contributed by atoms with Crippen molar-refractivity contribution in [3.63, 3.8) is 0 Å². The highest BCUT2D eigenvalue weighted by Crippen LogP contribution is 2.26. The van der Waals surface area contributed by atoms with Crippen molar-refractivity contribution in [3.05, 3.63) is 29.8 Å². The molecule has 0 aromatic heterocycles. The van der Waals surface area contributed by atoms with Gasteiger partial charge in [0.15, 0.2) is 5.78 Å². The Balaban J connectivity index is 2.20. The molecule has 21 heavy (non-hydrogen) atoms. The van der Waals surface area contributed by atoms with Crippen LogP contribution in [0.25, 0.3) is 0 Å². The number of carbonyl (C=O) groups is 1. The zero-order valence-electron chi connectivity index (χ0n) is 13.6. The van der Waals surface area contributed by atoms with Crippen LogP contribution in [0.3, 0.4) is 0 Å². The zero-order valence-corrected chi connectivity index (χ0v) is 13.6. The molecule has 0 N–H and O–H groups in total. The molecule has 2 rings (SSSR count). The molecule has 1 unspecified atom stereocenters. The summed E-state index contributed by atoms with van der Waals surface area (Å²) in [5.41, 5.74) is 1.90. The standard InChI is InChI=1S/C18H28N2O/c1-4-5-13-20-14-9-8-12-17(20)18(21)15-10-6-7-11-16(15)19(2)3/h6-7,10-11,17H,4-5,8-9,12-14H2,1-3H3. The third-order valence-electron chi connectivity index (χ3n) is 4.37. The molecule has 1 aliphatic rings. The van der Waals surface area contributed by atoms with Crippen LogP contribution in [0.4, 0.5) is 5.69 Å². The molecule has 1 aliphatic heterocycles. The molecule has 3 heteroatoms.